The molecule has 1 heterocycles. The maximum atomic E-state index is 12.9. The number of amides is 2. The monoisotopic (exact) mass is 487 g/mol. The summed E-state index contributed by atoms with van der Waals surface area (Å²) < 4.78 is 32.4. The number of benzene rings is 2. The molecule has 2 N–H and O–H groups in total. The number of likely N-dealkylation sites (tertiary alicyclic amines) is 1. The molecule has 0 radical (unpaired) electrons. The Bertz CT molecular complexity index is 1080. The first-order chi connectivity index (χ1) is 16.3. The van der Waals surface area contributed by atoms with Gasteiger partial charge in [0.1, 0.15) is 5.75 Å². The van der Waals surface area contributed by atoms with Crippen molar-refractivity contribution in [2.24, 2.45) is 5.92 Å². The van der Waals surface area contributed by atoms with E-state index in [4.69, 9.17) is 4.74 Å². The van der Waals surface area contributed by atoms with Crippen LogP contribution in [0.3, 0.4) is 0 Å². The van der Waals surface area contributed by atoms with E-state index in [1.165, 1.54) is 0 Å². The third-order valence-corrected chi connectivity index (χ3v) is 7.35. The van der Waals surface area contributed by atoms with E-state index < -0.39 is 10.0 Å². The molecule has 9 heteroatoms. The van der Waals surface area contributed by atoms with Gasteiger partial charge in [0.05, 0.1) is 24.5 Å². The van der Waals surface area contributed by atoms with Crippen molar-refractivity contribution in [2.45, 2.75) is 39.5 Å². The fourth-order valence-electron chi connectivity index (χ4n) is 3.93. The average Bonchev–Trinajstić information content (AvgIpc) is 2.82. The van der Waals surface area contributed by atoms with Crippen LogP contribution in [-0.2, 0) is 19.6 Å². The van der Waals surface area contributed by atoms with Crippen molar-refractivity contribution in [3.05, 3.63) is 54.1 Å². The first-order valence-electron chi connectivity index (χ1n) is 11.7. The molecule has 1 aliphatic rings. The number of nitrogens with one attached hydrogen (secondary N) is 2. The van der Waals surface area contributed by atoms with Gasteiger partial charge in [-0.1, -0.05) is 31.2 Å². The number of piperidine rings is 1. The molecule has 1 fully saturated rings. The van der Waals surface area contributed by atoms with Crippen molar-refractivity contribution in [2.75, 3.05) is 35.5 Å². The van der Waals surface area contributed by atoms with Gasteiger partial charge in [-0.05, 0) is 56.0 Å². The lowest BCUT2D eigenvalue weighted by Crippen LogP contribution is -2.41. The summed E-state index contributed by atoms with van der Waals surface area (Å²) in [7, 11) is -3.42. The molecule has 0 aromatic heterocycles. The molecule has 1 aliphatic heterocycles. The number of carbonyl (C=O) groups excluding carboxylic acids is 2. The summed E-state index contributed by atoms with van der Waals surface area (Å²) in [5.74, 6) is 0.486. The molecule has 34 heavy (non-hydrogen) atoms. The molecule has 1 saturated heterocycles. The van der Waals surface area contributed by atoms with Crippen LogP contribution >= 0.6 is 0 Å². The maximum Gasteiger partial charge on any atom is 0.232 e. The van der Waals surface area contributed by atoms with Crippen molar-refractivity contribution >= 4 is 33.2 Å². The molecule has 8 nitrogen and oxygen atoms in total. The smallest absolute Gasteiger partial charge is 0.232 e. The van der Waals surface area contributed by atoms with Crippen LogP contribution in [0.4, 0.5) is 11.4 Å². The summed E-state index contributed by atoms with van der Waals surface area (Å²) in [5.41, 5.74) is 1.71. The molecule has 3 rings (SSSR count). The second-order valence-electron chi connectivity index (χ2n) is 8.45. The lowest BCUT2D eigenvalue weighted by atomic mass is 9.95. The topological polar surface area (TPSA) is 105 Å². The van der Waals surface area contributed by atoms with Crippen molar-refractivity contribution in [1.29, 1.82) is 0 Å². The number of para-hydroxylation sites is 1. The first-order valence-corrected chi connectivity index (χ1v) is 13.3. The van der Waals surface area contributed by atoms with Crippen LogP contribution in [0, 0.1) is 12.8 Å². The second-order valence-corrected chi connectivity index (χ2v) is 10.3. The normalized spacial score (nSPS) is 14.5. The number of hydrogen-bond acceptors (Lipinski definition) is 5. The van der Waals surface area contributed by atoms with Gasteiger partial charge in [-0.15, -0.1) is 0 Å². The van der Waals surface area contributed by atoms with E-state index >= 15 is 0 Å². The van der Waals surface area contributed by atoms with Crippen LogP contribution in [0.1, 0.15) is 38.2 Å². The highest BCUT2D eigenvalue weighted by molar-refractivity contribution is 7.92. The number of ether oxygens (including phenoxy) is 1. The number of rotatable bonds is 10. The van der Waals surface area contributed by atoms with E-state index in [9.17, 15) is 18.0 Å². The first kappa shape index (κ1) is 25.6. The van der Waals surface area contributed by atoms with Crippen molar-refractivity contribution in [3.8, 4) is 5.75 Å². The van der Waals surface area contributed by atoms with Gasteiger partial charge in [0, 0.05) is 24.7 Å². The standard InChI is InChI=1S/C25H33N3O5S/c1-3-18-34(31,32)27-23-11-7-10-22(19(23)2)26-25(30)20-12-15-28(16-13-20)24(29)14-17-33-21-8-5-4-6-9-21/h4-11,20,27H,3,12-18H2,1-2H3,(H,26,30). The van der Waals surface area contributed by atoms with Crippen molar-refractivity contribution in [3.63, 3.8) is 0 Å². The Morgan fingerprint density at radius 3 is 2.38 bits per heavy atom. The summed E-state index contributed by atoms with van der Waals surface area (Å²) in [6.45, 7) is 4.95. The Labute approximate surface area is 201 Å². The number of nitrogens with zero attached hydrogens (tertiary/aromatic N) is 1. The molecule has 184 valence electrons. The molecule has 0 spiro atoms. The van der Waals surface area contributed by atoms with Crippen molar-refractivity contribution in [1.82, 2.24) is 4.90 Å². The zero-order chi connectivity index (χ0) is 24.6. The van der Waals surface area contributed by atoms with Gasteiger partial charge in [-0.25, -0.2) is 8.42 Å². The highest BCUT2D eigenvalue weighted by atomic mass is 32.2. The van der Waals surface area contributed by atoms with Crippen LogP contribution in [0.15, 0.2) is 48.5 Å². The second kappa shape index (κ2) is 11.9. The minimum absolute atomic E-state index is 0.0256. The molecule has 2 aromatic rings. The van der Waals surface area contributed by atoms with Gasteiger partial charge < -0.3 is 15.0 Å². The number of anilines is 2. The van der Waals surface area contributed by atoms with E-state index in [0.29, 0.717) is 62.3 Å². The van der Waals surface area contributed by atoms with Gasteiger partial charge in [0.15, 0.2) is 0 Å². The quantitative estimate of drug-likeness (QED) is 0.531. The van der Waals surface area contributed by atoms with Crippen molar-refractivity contribution < 1.29 is 22.7 Å². The van der Waals surface area contributed by atoms with E-state index in [2.05, 4.69) is 10.0 Å². The predicted octanol–water partition coefficient (Wildman–Crippen LogP) is 3.79. The summed E-state index contributed by atoms with van der Waals surface area (Å²) in [5, 5.41) is 2.94. The third-order valence-electron chi connectivity index (χ3n) is 5.88. The summed E-state index contributed by atoms with van der Waals surface area (Å²) in [6.07, 6.45) is 1.98. The van der Waals surface area contributed by atoms with Gasteiger partial charge >= 0.3 is 0 Å². The van der Waals surface area contributed by atoms with E-state index in [1.54, 1.807) is 36.9 Å². The zero-order valence-corrected chi connectivity index (χ0v) is 20.6. The van der Waals surface area contributed by atoms with E-state index in [0.717, 1.165) is 5.75 Å². The summed E-state index contributed by atoms with van der Waals surface area (Å²) in [6, 6.07) is 14.5. The number of sulfonamides is 1. The van der Waals surface area contributed by atoms with Crippen LogP contribution < -0.4 is 14.8 Å². The van der Waals surface area contributed by atoms with Gasteiger partial charge in [0.25, 0.3) is 0 Å². The van der Waals surface area contributed by atoms with Crippen LogP contribution in [0.25, 0.3) is 0 Å². The maximum absolute atomic E-state index is 12.9. The third kappa shape index (κ3) is 7.21. The molecule has 0 unspecified atom stereocenters. The SMILES string of the molecule is CCCS(=O)(=O)Nc1cccc(NC(=O)C2CCN(C(=O)CCOc3ccccc3)CC2)c1C. The summed E-state index contributed by atoms with van der Waals surface area (Å²) >= 11 is 0. The van der Waals surface area contributed by atoms with Crippen LogP contribution in [0.5, 0.6) is 5.75 Å². The largest absolute Gasteiger partial charge is 0.493 e. The van der Waals surface area contributed by atoms with Gasteiger partial charge in [0.2, 0.25) is 21.8 Å². The Kier molecular flexibility index (Phi) is 8.92. The predicted molar refractivity (Wildman–Crippen MR) is 133 cm³/mol. The molecular formula is C25H33N3O5S. The highest BCUT2D eigenvalue weighted by Crippen LogP contribution is 2.26. The molecule has 2 aromatic carbocycles. The fourth-order valence-corrected chi connectivity index (χ4v) is 5.12. The molecule has 0 bridgehead atoms. The van der Waals surface area contributed by atoms with Gasteiger partial charge in [-0.2, -0.15) is 0 Å². The minimum Gasteiger partial charge on any atom is -0.493 e. The average molecular weight is 488 g/mol. The number of hydrogen-bond donors (Lipinski definition) is 2. The van der Waals surface area contributed by atoms with Crippen LogP contribution in [0.2, 0.25) is 0 Å². The lowest BCUT2D eigenvalue weighted by Gasteiger charge is -2.31. The molecule has 0 saturated carbocycles. The minimum atomic E-state index is -3.42. The summed E-state index contributed by atoms with van der Waals surface area (Å²) in [4.78, 5) is 27.1. The Balaban J connectivity index is 1.48. The lowest BCUT2D eigenvalue weighted by molar-refractivity contribution is -0.135. The molecular weight excluding hydrogens is 454 g/mol. The number of carbonyl (C=O) groups is 2. The van der Waals surface area contributed by atoms with Crippen LogP contribution in [-0.4, -0.2) is 50.6 Å². The molecule has 2 amide bonds. The molecule has 0 aliphatic carbocycles. The van der Waals surface area contributed by atoms with E-state index in [-0.39, 0.29) is 23.5 Å². The van der Waals surface area contributed by atoms with E-state index in [1.807, 2.05) is 30.3 Å². The Morgan fingerprint density at radius 1 is 1.03 bits per heavy atom. The van der Waals surface area contributed by atoms with Gasteiger partial charge in [-0.3, -0.25) is 14.3 Å². The molecule has 0 atom stereocenters. The Morgan fingerprint density at radius 2 is 1.71 bits per heavy atom. The highest BCUT2D eigenvalue weighted by Gasteiger charge is 2.27. The fraction of sp³-hybridized carbons (Fsp3) is 0.440. The Hall–Kier alpha value is -3.07. The zero-order valence-electron chi connectivity index (χ0n) is 19.7.